The average molecular weight is 521 g/mol. The second-order valence-electron chi connectivity index (χ2n) is 8.55. The van der Waals surface area contributed by atoms with Crippen LogP contribution >= 0.6 is 15.9 Å². The van der Waals surface area contributed by atoms with Crippen molar-refractivity contribution in [2.75, 3.05) is 6.54 Å². The molecule has 0 saturated carbocycles. The van der Waals surface area contributed by atoms with E-state index in [2.05, 4.69) is 52.4 Å². The number of halogens is 1. The van der Waals surface area contributed by atoms with Gasteiger partial charge in [0.1, 0.15) is 6.04 Å². The molecule has 4 nitrogen and oxygen atoms in total. The van der Waals surface area contributed by atoms with Crippen LogP contribution in [-0.4, -0.2) is 29.3 Å². The number of unbranched alkanes of at least 4 members (excludes halogenated alkanes) is 1. The minimum Gasteiger partial charge on any atom is -0.354 e. The summed E-state index contributed by atoms with van der Waals surface area (Å²) in [6.07, 6.45) is 2.21. The van der Waals surface area contributed by atoms with E-state index in [4.69, 9.17) is 0 Å². The van der Waals surface area contributed by atoms with Crippen LogP contribution in [0.15, 0.2) is 89.4 Å². The fourth-order valence-electron chi connectivity index (χ4n) is 4.04. The van der Waals surface area contributed by atoms with Crippen LogP contribution in [0, 0.1) is 0 Å². The lowest BCUT2D eigenvalue weighted by atomic mass is 9.88. The molecule has 3 aromatic rings. The summed E-state index contributed by atoms with van der Waals surface area (Å²) in [5.41, 5.74) is 3.15. The van der Waals surface area contributed by atoms with E-state index in [1.54, 1.807) is 4.90 Å². The Morgan fingerprint density at radius 2 is 1.53 bits per heavy atom. The highest BCUT2D eigenvalue weighted by atomic mass is 79.9. The summed E-state index contributed by atoms with van der Waals surface area (Å²) in [4.78, 5) is 28.4. The standard InChI is InChI=1S/C29H33BrN2O2/c1-3-4-18-31-29(34)22(2)32(21-23-12-11-17-26(30)19-23)28(33)20-27(24-13-7-5-8-14-24)25-15-9-6-10-16-25/h5-17,19,22,27H,3-4,18,20-21H2,1-2H3,(H,31,34)/t22-/m0/s1. The molecular formula is C29H33BrN2O2. The zero-order valence-electron chi connectivity index (χ0n) is 19.9. The Labute approximate surface area is 211 Å². The van der Waals surface area contributed by atoms with Gasteiger partial charge in [-0.3, -0.25) is 9.59 Å². The van der Waals surface area contributed by atoms with Crippen molar-refractivity contribution in [3.63, 3.8) is 0 Å². The Morgan fingerprint density at radius 3 is 2.09 bits per heavy atom. The van der Waals surface area contributed by atoms with Gasteiger partial charge in [0.2, 0.25) is 11.8 Å². The first-order valence-corrected chi connectivity index (χ1v) is 12.7. The molecule has 34 heavy (non-hydrogen) atoms. The number of nitrogens with one attached hydrogen (secondary N) is 1. The van der Waals surface area contributed by atoms with E-state index in [9.17, 15) is 9.59 Å². The Bertz CT molecular complexity index is 1020. The molecule has 3 aromatic carbocycles. The highest BCUT2D eigenvalue weighted by molar-refractivity contribution is 9.10. The summed E-state index contributed by atoms with van der Waals surface area (Å²) in [6, 6.07) is 27.5. The fourth-order valence-corrected chi connectivity index (χ4v) is 4.49. The first-order valence-electron chi connectivity index (χ1n) is 11.9. The van der Waals surface area contributed by atoms with Gasteiger partial charge in [0, 0.05) is 29.9 Å². The van der Waals surface area contributed by atoms with Gasteiger partial charge in [-0.05, 0) is 42.2 Å². The minimum atomic E-state index is -0.574. The van der Waals surface area contributed by atoms with Gasteiger partial charge in [-0.2, -0.15) is 0 Å². The summed E-state index contributed by atoms with van der Waals surface area (Å²) in [5.74, 6) is -0.251. The van der Waals surface area contributed by atoms with E-state index in [0.717, 1.165) is 34.0 Å². The molecule has 0 aliphatic carbocycles. The zero-order valence-corrected chi connectivity index (χ0v) is 21.5. The SMILES string of the molecule is CCCCNC(=O)[C@H](C)N(Cc1cccc(Br)c1)C(=O)CC(c1ccccc1)c1ccccc1. The summed E-state index contributed by atoms with van der Waals surface area (Å²) in [6.45, 7) is 4.90. The highest BCUT2D eigenvalue weighted by Crippen LogP contribution is 2.29. The third kappa shape index (κ3) is 7.29. The second-order valence-corrected chi connectivity index (χ2v) is 9.47. The second kappa shape index (κ2) is 13.1. The highest BCUT2D eigenvalue weighted by Gasteiger charge is 2.29. The number of nitrogens with zero attached hydrogens (tertiary/aromatic N) is 1. The lowest BCUT2D eigenvalue weighted by Crippen LogP contribution is -2.48. The maximum atomic E-state index is 13.8. The summed E-state index contributed by atoms with van der Waals surface area (Å²) in [7, 11) is 0. The average Bonchev–Trinajstić information content (AvgIpc) is 2.86. The van der Waals surface area contributed by atoms with Gasteiger partial charge in [0.15, 0.2) is 0 Å². The molecule has 0 radical (unpaired) electrons. The van der Waals surface area contributed by atoms with Crippen molar-refractivity contribution in [2.45, 2.75) is 51.6 Å². The number of hydrogen-bond donors (Lipinski definition) is 1. The fraction of sp³-hybridized carbons (Fsp3) is 0.310. The number of rotatable bonds is 11. The van der Waals surface area contributed by atoms with Crippen molar-refractivity contribution in [1.82, 2.24) is 10.2 Å². The smallest absolute Gasteiger partial charge is 0.242 e. The molecule has 2 amide bonds. The molecule has 5 heteroatoms. The molecule has 0 fully saturated rings. The summed E-state index contributed by atoms with van der Waals surface area (Å²) >= 11 is 3.52. The number of benzene rings is 3. The van der Waals surface area contributed by atoms with Gasteiger partial charge >= 0.3 is 0 Å². The molecule has 0 aliphatic heterocycles. The molecule has 0 aromatic heterocycles. The Morgan fingerprint density at radius 1 is 0.912 bits per heavy atom. The first kappa shape index (κ1) is 25.7. The van der Waals surface area contributed by atoms with Crippen LogP contribution in [0.4, 0.5) is 0 Å². The normalized spacial score (nSPS) is 11.8. The molecule has 1 atom stereocenters. The molecule has 0 unspecified atom stereocenters. The van der Waals surface area contributed by atoms with E-state index >= 15 is 0 Å². The van der Waals surface area contributed by atoms with Crippen molar-refractivity contribution in [3.8, 4) is 0 Å². The summed E-state index contributed by atoms with van der Waals surface area (Å²) in [5, 5.41) is 2.99. The zero-order chi connectivity index (χ0) is 24.3. The number of carbonyl (C=O) groups excluding carboxylic acids is 2. The molecule has 1 N–H and O–H groups in total. The first-order chi connectivity index (χ1) is 16.5. The van der Waals surface area contributed by atoms with Crippen molar-refractivity contribution in [1.29, 1.82) is 0 Å². The van der Waals surface area contributed by atoms with Crippen LogP contribution in [0.25, 0.3) is 0 Å². The number of hydrogen-bond acceptors (Lipinski definition) is 2. The predicted octanol–water partition coefficient (Wildman–Crippen LogP) is 6.30. The van der Waals surface area contributed by atoms with Crippen LogP contribution in [0.1, 0.15) is 55.7 Å². The quantitative estimate of drug-likeness (QED) is 0.301. The maximum absolute atomic E-state index is 13.8. The van der Waals surface area contributed by atoms with E-state index in [0.29, 0.717) is 13.1 Å². The molecule has 178 valence electrons. The third-order valence-corrected chi connectivity index (χ3v) is 6.51. The topological polar surface area (TPSA) is 49.4 Å². The maximum Gasteiger partial charge on any atom is 0.242 e. The molecule has 0 heterocycles. The van der Waals surface area contributed by atoms with Crippen LogP contribution in [-0.2, 0) is 16.1 Å². The minimum absolute atomic E-state index is 0.0455. The Hall–Kier alpha value is -2.92. The monoisotopic (exact) mass is 520 g/mol. The van der Waals surface area contributed by atoms with E-state index in [1.807, 2.05) is 67.6 Å². The van der Waals surface area contributed by atoms with Crippen molar-refractivity contribution in [3.05, 3.63) is 106 Å². The van der Waals surface area contributed by atoms with E-state index < -0.39 is 6.04 Å². The van der Waals surface area contributed by atoms with Gasteiger partial charge in [-0.15, -0.1) is 0 Å². The molecule has 3 rings (SSSR count). The van der Waals surface area contributed by atoms with E-state index in [1.165, 1.54) is 0 Å². The summed E-state index contributed by atoms with van der Waals surface area (Å²) < 4.78 is 0.948. The van der Waals surface area contributed by atoms with Gasteiger partial charge in [0.05, 0.1) is 0 Å². The van der Waals surface area contributed by atoms with Gasteiger partial charge in [-0.25, -0.2) is 0 Å². The largest absolute Gasteiger partial charge is 0.354 e. The molecule has 0 aliphatic rings. The van der Waals surface area contributed by atoms with Crippen molar-refractivity contribution in [2.24, 2.45) is 0 Å². The van der Waals surface area contributed by atoms with Gasteiger partial charge < -0.3 is 10.2 Å². The lowest BCUT2D eigenvalue weighted by Gasteiger charge is -2.30. The Balaban J connectivity index is 1.88. The molecule has 0 bridgehead atoms. The van der Waals surface area contributed by atoms with Crippen LogP contribution < -0.4 is 5.32 Å². The van der Waals surface area contributed by atoms with Crippen LogP contribution in [0.5, 0.6) is 0 Å². The van der Waals surface area contributed by atoms with Crippen LogP contribution in [0.2, 0.25) is 0 Å². The van der Waals surface area contributed by atoms with Crippen molar-refractivity contribution < 1.29 is 9.59 Å². The molecular weight excluding hydrogens is 488 g/mol. The van der Waals surface area contributed by atoms with E-state index in [-0.39, 0.29) is 24.2 Å². The molecule has 0 spiro atoms. The third-order valence-electron chi connectivity index (χ3n) is 6.02. The van der Waals surface area contributed by atoms with Crippen molar-refractivity contribution >= 4 is 27.7 Å². The van der Waals surface area contributed by atoms with Gasteiger partial charge in [0.25, 0.3) is 0 Å². The number of amides is 2. The van der Waals surface area contributed by atoms with Gasteiger partial charge in [-0.1, -0.05) is 102 Å². The predicted molar refractivity (Wildman–Crippen MR) is 141 cm³/mol. The van der Waals surface area contributed by atoms with Crippen LogP contribution in [0.3, 0.4) is 0 Å². The lowest BCUT2D eigenvalue weighted by molar-refractivity contribution is -0.140. The molecule has 0 saturated heterocycles. The number of carbonyl (C=O) groups is 2. The Kier molecular flexibility index (Phi) is 9.89.